The van der Waals surface area contributed by atoms with Gasteiger partial charge >= 0.3 is 0 Å². The van der Waals surface area contributed by atoms with Crippen LogP contribution in [0.5, 0.6) is 0 Å². The number of Topliss-reactive ketones (excluding diaryl/α,β-unsaturated/α-hetero) is 1. The minimum atomic E-state index is -0.422. The summed E-state index contributed by atoms with van der Waals surface area (Å²) in [5.41, 5.74) is 2.40. The highest BCUT2D eigenvalue weighted by molar-refractivity contribution is 7.16. The molecule has 0 fully saturated rings. The van der Waals surface area contributed by atoms with Crippen LogP contribution in [0.25, 0.3) is 10.2 Å². The highest BCUT2D eigenvalue weighted by Crippen LogP contribution is 2.22. The number of nitrogens with zero attached hydrogens (tertiary/aromatic N) is 2. The number of hydrogen-bond donors (Lipinski definition) is 1. The van der Waals surface area contributed by atoms with E-state index in [1.165, 1.54) is 25.2 Å². The molecule has 140 valence electrons. The molecule has 3 aromatic rings. The highest BCUT2D eigenvalue weighted by Gasteiger charge is 2.10. The van der Waals surface area contributed by atoms with Gasteiger partial charge in [0.15, 0.2) is 10.6 Å². The molecule has 1 heterocycles. The molecule has 7 heteroatoms. The molecule has 0 atom stereocenters. The molecule has 1 N–H and O–H groups in total. The van der Waals surface area contributed by atoms with Gasteiger partial charge in [0.05, 0.1) is 16.8 Å². The second-order valence-corrected chi connectivity index (χ2v) is 7.10. The van der Waals surface area contributed by atoms with Crippen molar-refractivity contribution in [2.45, 2.75) is 20.4 Å². The van der Waals surface area contributed by atoms with Crippen molar-refractivity contribution in [1.29, 1.82) is 0 Å². The monoisotopic (exact) mass is 391 g/mol. The molecular weight excluding hydrogens is 374 g/mol. The molecule has 1 aromatic heterocycles. The van der Waals surface area contributed by atoms with Crippen LogP contribution in [0.15, 0.2) is 47.5 Å². The van der Waals surface area contributed by atoms with E-state index in [0.717, 1.165) is 10.2 Å². The molecule has 2 aromatic carbocycles. The second-order valence-electron chi connectivity index (χ2n) is 6.09. The Morgan fingerprint density at radius 1 is 1.11 bits per heavy atom. The number of ketones is 1. The summed E-state index contributed by atoms with van der Waals surface area (Å²) in [6, 6.07) is 11.8. The first-order chi connectivity index (χ1) is 13.4. The summed E-state index contributed by atoms with van der Waals surface area (Å²) in [4.78, 5) is 39.9. The largest absolute Gasteiger partial charge is 0.326 e. The van der Waals surface area contributed by atoms with Gasteiger partial charge in [-0.25, -0.2) is 0 Å². The van der Waals surface area contributed by atoms with Crippen LogP contribution < -0.4 is 10.1 Å². The number of fused-ring (bicyclic) bond motifs is 1. The van der Waals surface area contributed by atoms with Crippen LogP contribution >= 0.6 is 11.3 Å². The summed E-state index contributed by atoms with van der Waals surface area (Å²) in [6.07, 6.45) is 5.48. The number of amides is 2. The van der Waals surface area contributed by atoms with E-state index in [0.29, 0.717) is 21.6 Å². The number of aromatic nitrogens is 1. The van der Waals surface area contributed by atoms with Crippen LogP contribution in [0.3, 0.4) is 0 Å². The molecule has 3 rings (SSSR count). The molecular formula is C21H17N3O3S. The maximum atomic E-state index is 12.6. The van der Waals surface area contributed by atoms with Gasteiger partial charge in [-0.3, -0.25) is 14.4 Å². The predicted molar refractivity (Wildman–Crippen MR) is 109 cm³/mol. The van der Waals surface area contributed by atoms with E-state index >= 15 is 0 Å². The Morgan fingerprint density at radius 2 is 1.79 bits per heavy atom. The number of terminal acetylenes is 1. The summed E-state index contributed by atoms with van der Waals surface area (Å²) >= 11 is 1.31. The first kappa shape index (κ1) is 19.3. The lowest BCUT2D eigenvalue weighted by atomic mass is 10.1. The molecule has 28 heavy (non-hydrogen) atoms. The molecule has 0 aliphatic rings. The smallest absolute Gasteiger partial charge is 0.279 e. The molecule has 0 spiro atoms. The Hall–Kier alpha value is -3.50. The molecule has 6 nitrogen and oxygen atoms in total. The van der Waals surface area contributed by atoms with Crippen molar-refractivity contribution in [1.82, 2.24) is 4.57 Å². The van der Waals surface area contributed by atoms with Crippen molar-refractivity contribution in [3.05, 3.63) is 58.4 Å². The number of hydrogen-bond acceptors (Lipinski definition) is 4. The van der Waals surface area contributed by atoms with E-state index in [1.807, 2.05) is 12.1 Å². The van der Waals surface area contributed by atoms with Gasteiger partial charge in [0.25, 0.3) is 5.91 Å². The van der Waals surface area contributed by atoms with Crippen LogP contribution in [0, 0.1) is 12.3 Å². The predicted octanol–water partition coefficient (Wildman–Crippen LogP) is 3.24. The zero-order valence-corrected chi connectivity index (χ0v) is 16.2. The van der Waals surface area contributed by atoms with Crippen LogP contribution in [-0.4, -0.2) is 22.2 Å². The third kappa shape index (κ3) is 4.08. The van der Waals surface area contributed by atoms with Crippen molar-refractivity contribution >= 4 is 44.8 Å². The lowest BCUT2D eigenvalue weighted by Gasteiger charge is -2.03. The number of carbonyl (C=O) groups is 3. The zero-order chi connectivity index (χ0) is 20.3. The van der Waals surface area contributed by atoms with E-state index < -0.39 is 5.91 Å². The normalized spacial score (nSPS) is 11.2. The van der Waals surface area contributed by atoms with Crippen molar-refractivity contribution in [3.63, 3.8) is 0 Å². The van der Waals surface area contributed by atoms with Gasteiger partial charge in [0.2, 0.25) is 5.91 Å². The number of carbonyl (C=O) groups excluding carboxylic acids is 3. The Labute approximate surface area is 165 Å². The summed E-state index contributed by atoms with van der Waals surface area (Å²) in [6.45, 7) is 3.17. The zero-order valence-electron chi connectivity index (χ0n) is 15.4. The Bertz CT molecular complexity index is 1190. The van der Waals surface area contributed by atoms with Crippen LogP contribution in [0.1, 0.15) is 34.6 Å². The first-order valence-electron chi connectivity index (χ1n) is 8.43. The SMILES string of the molecule is C#CCn1c(=NC(=O)c2ccc(C(C)=O)cc2)sc2cc(NC(C)=O)ccc21. The fourth-order valence-electron chi connectivity index (χ4n) is 2.68. The third-order valence-corrected chi connectivity index (χ3v) is 5.03. The molecule has 0 saturated carbocycles. The Morgan fingerprint density at radius 3 is 2.39 bits per heavy atom. The average Bonchev–Trinajstić information content (AvgIpc) is 2.98. The minimum absolute atomic E-state index is 0.0673. The van der Waals surface area contributed by atoms with E-state index in [2.05, 4.69) is 16.2 Å². The fourth-order valence-corrected chi connectivity index (χ4v) is 3.75. The highest BCUT2D eigenvalue weighted by atomic mass is 32.1. The lowest BCUT2D eigenvalue weighted by Crippen LogP contribution is -2.16. The van der Waals surface area contributed by atoms with Crippen molar-refractivity contribution in [2.24, 2.45) is 4.99 Å². The maximum absolute atomic E-state index is 12.6. The van der Waals surface area contributed by atoms with Crippen LogP contribution in [-0.2, 0) is 11.3 Å². The minimum Gasteiger partial charge on any atom is -0.326 e. The number of nitrogens with one attached hydrogen (secondary N) is 1. The van der Waals surface area contributed by atoms with Gasteiger partial charge in [-0.1, -0.05) is 29.4 Å². The van der Waals surface area contributed by atoms with E-state index in [9.17, 15) is 14.4 Å². The molecule has 0 saturated heterocycles. The van der Waals surface area contributed by atoms with Gasteiger partial charge in [-0.15, -0.1) is 6.42 Å². The van der Waals surface area contributed by atoms with Gasteiger partial charge in [0, 0.05) is 23.7 Å². The van der Waals surface area contributed by atoms with Gasteiger partial charge in [0.1, 0.15) is 0 Å². The summed E-state index contributed by atoms with van der Waals surface area (Å²) in [7, 11) is 0. The maximum Gasteiger partial charge on any atom is 0.279 e. The molecule has 0 aliphatic heterocycles. The van der Waals surface area contributed by atoms with E-state index in [4.69, 9.17) is 6.42 Å². The van der Waals surface area contributed by atoms with Crippen LogP contribution in [0.2, 0.25) is 0 Å². The summed E-state index contributed by atoms with van der Waals surface area (Å²) in [5.74, 6) is 1.92. The van der Waals surface area contributed by atoms with Crippen molar-refractivity contribution < 1.29 is 14.4 Å². The van der Waals surface area contributed by atoms with E-state index in [1.54, 1.807) is 34.9 Å². The van der Waals surface area contributed by atoms with E-state index in [-0.39, 0.29) is 18.2 Å². The third-order valence-electron chi connectivity index (χ3n) is 3.99. The summed E-state index contributed by atoms with van der Waals surface area (Å²) in [5, 5.41) is 2.73. The molecule has 0 bridgehead atoms. The number of benzene rings is 2. The molecule has 0 unspecified atom stereocenters. The van der Waals surface area contributed by atoms with Crippen LogP contribution in [0.4, 0.5) is 5.69 Å². The Balaban J connectivity index is 2.05. The quantitative estimate of drug-likeness (QED) is 0.548. The first-order valence-corrected chi connectivity index (χ1v) is 9.25. The van der Waals surface area contributed by atoms with Crippen molar-refractivity contribution in [2.75, 3.05) is 5.32 Å². The molecule has 0 radical (unpaired) electrons. The van der Waals surface area contributed by atoms with Gasteiger partial charge in [-0.05, 0) is 37.3 Å². The fraction of sp³-hybridized carbons (Fsp3) is 0.143. The molecule has 0 aliphatic carbocycles. The average molecular weight is 391 g/mol. The standard InChI is InChI=1S/C21H17N3O3S/c1-4-11-24-18-10-9-17(22-14(3)26)12-19(18)28-21(24)23-20(27)16-7-5-15(6-8-16)13(2)25/h1,5-10,12H,11H2,2-3H3,(H,22,26). The topological polar surface area (TPSA) is 80.5 Å². The Kier molecular flexibility index (Phi) is 5.52. The summed E-state index contributed by atoms with van der Waals surface area (Å²) < 4.78 is 2.62. The number of rotatable bonds is 4. The number of anilines is 1. The molecule has 2 amide bonds. The lowest BCUT2D eigenvalue weighted by molar-refractivity contribution is -0.114. The van der Waals surface area contributed by atoms with Gasteiger partial charge < -0.3 is 9.88 Å². The second kappa shape index (κ2) is 8.03. The van der Waals surface area contributed by atoms with Crippen molar-refractivity contribution in [3.8, 4) is 12.3 Å². The van der Waals surface area contributed by atoms with Gasteiger partial charge in [-0.2, -0.15) is 4.99 Å². The number of thiazole rings is 1.